The summed E-state index contributed by atoms with van der Waals surface area (Å²) in [4.78, 5) is 3.93. The SMILES string of the molecule is CC/C=C(\C=N/C)CC. The second kappa shape index (κ2) is 5.54. The number of rotatable bonds is 3. The van der Waals surface area contributed by atoms with Gasteiger partial charge in [-0.15, -0.1) is 0 Å². The standard InChI is InChI=1S/C8H15N/c1-4-6-8(5-2)7-9-3/h6-7H,4-5H2,1-3H3/b8-6-,9-7-. The molecule has 0 heterocycles. The Labute approximate surface area is 57.5 Å². The minimum Gasteiger partial charge on any atom is -0.296 e. The largest absolute Gasteiger partial charge is 0.296 e. The minimum atomic E-state index is 1.09. The van der Waals surface area contributed by atoms with Gasteiger partial charge in [0.2, 0.25) is 0 Å². The van der Waals surface area contributed by atoms with E-state index in [1.807, 2.05) is 6.21 Å². The van der Waals surface area contributed by atoms with E-state index in [0.717, 1.165) is 12.8 Å². The molecule has 0 saturated carbocycles. The van der Waals surface area contributed by atoms with Gasteiger partial charge in [0.05, 0.1) is 0 Å². The molecule has 0 fully saturated rings. The average Bonchev–Trinajstić information content (AvgIpc) is 1.88. The van der Waals surface area contributed by atoms with Gasteiger partial charge >= 0.3 is 0 Å². The van der Waals surface area contributed by atoms with Crippen LogP contribution in [-0.4, -0.2) is 13.3 Å². The summed E-state index contributed by atoms with van der Waals surface area (Å²) in [6.07, 6.45) is 6.32. The summed E-state index contributed by atoms with van der Waals surface area (Å²) >= 11 is 0. The van der Waals surface area contributed by atoms with Crippen LogP contribution in [0, 0.1) is 0 Å². The number of allylic oxidation sites excluding steroid dienone is 2. The lowest BCUT2D eigenvalue weighted by molar-refractivity contribution is 1.12. The number of hydrogen-bond donors (Lipinski definition) is 0. The van der Waals surface area contributed by atoms with E-state index in [1.165, 1.54) is 5.57 Å². The van der Waals surface area contributed by atoms with Gasteiger partial charge in [-0.3, -0.25) is 4.99 Å². The maximum atomic E-state index is 3.93. The zero-order chi connectivity index (χ0) is 7.11. The van der Waals surface area contributed by atoms with E-state index in [2.05, 4.69) is 24.9 Å². The molecule has 1 heteroatoms. The first-order chi connectivity index (χ1) is 4.35. The molecule has 0 aromatic carbocycles. The highest BCUT2D eigenvalue weighted by Crippen LogP contribution is 1.97. The minimum absolute atomic E-state index is 1.09. The number of aliphatic imine (C=N–C) groups is 1. The van der Waals surface area contributed by atoms with Gasteiger partial charge < -0.3 is 0 Å². The lowest BCUT2D eigenvalue weighted by Gasteiger charge is -1.91. The molecule has 1 nitrogen and oxygen atoms in total. The Kier molecular flexibility index (Phi) is 5.18. The quantitative estimate of drug-likeness (QED) is 0.514. The first-order valence-electron chi connectivity index (χ1n) is 3.46. The van der Waals surface area contributed by atoms with Gasteiger partial charge in [0.15, 0.2) is 0 Å². The fraction of sp³-hybridized carbons (Fsp3) is 0.625. The lowest BCUT2D eigenvalue weighted by atomic mass is 10.2. The van der Waals surface area contributed by atoms with Crippen molar-refractivity contribution >= 4 is 6.21 Å². The summed E-state index contributed by atoms with van der Waals surface area (Å²) in [7, 11) is 1.80. The molecular formula is C8H15N. The maximum Gasteiger partial charge on any atom is 0.0277 e. The van der Waals surface area contributed by atoms with Crippen LogP contribution in [0.4, 0.5) is 0 Å². The number of hydrogen-bond acceptors (Lipinski definition) is 1. The molecule has 0 aromatic rings. The summed E-state index contributed by atoms with van der Waals surface area (Å²) in [6.45, 7) is 4.28. The third-order valence-electron chi connectivity index (χ3n) is 1.17. The summed E-state index contributed by atoms with van der Waals surface area (Å²) in [6, 6.07) is 0. The highest BCUT2D eigenvalue weighted by Gasteiger charge is 1.83. The van der Waals surface area contributed by atoms with E-state index in [4.69, 9.17) is 0 Å². The Hall–Kier alpha value is -0.590. The molecular weight excluding hydrogens is 110 g/mol. The monoisotopic (exact) mass is 125 g/mol. The molecule has 0 saturated heterocycles. The lowest BCUT2D eigenvalue weighted by Crippen LogP contribution is -1.80. The second-order valence-corrected chi connectivity index (χ2v) is 1.93. The maximum absolute atomic E-state index is 3.93. The molecule has 0 bridgehead atoms. The summed E-state index contributed by atoms with van der Waals surface area (Å²) in [5, 5.41) is 0. The van der Waals surface area contributed by atoms with Crippen molar-refractivity contribution in [1.82, 2.24) is 0 Å². The molecule has 52 valence electrons. The predicted octanol–water partition coefficient (Wildman–Crippen LogP) is 2.43. The Morgan fingerprint density at radius 2 is 2.11 bits per heavy atom. The summed E-state index contributed by atoms with van der Waals surface area (Å²) < 4.78 is 0. The van der Waals surface area contributed by atoms with Crippen LogP contribution in [0.2, 0.25) is 0 Å². The molecule has 0 amide bonds. The zero-order valence-electron chi connectivity index (χ0n) is 6.52. The van der Waals surface area contributed by atoms with Gasteiger partial charge in [0.25, 0.3) is 0 Å². The van der Waals surface area contributed by atoms with Crippen molar-refractivity contribution in [3.63, 3.8) is 0 Å². The van der Waals surface area contributed by atoms with Crippen LogP contribution in [0.25, 0.3) is 0 Å². The molecule has 0 spiro atoms. The van der Waals surface area contributed by atoms with Crippen molar-refractivity contribution < 1.29 is 0 Å². The van der Waals surface area contributed by atoms with Crippen molar-refractivity contribution in [2.45, 2.75) is 26.7 Å². The molecule has 0 radical (unpaired) electrons. The fourth-order valence-corrected chi connectivity index (χ4v) is 0.716. The highest BCUT2D eigenvalue weighted by atomic mass is 14.6. The first-order valence-corrected chi connectivity index (χ1v) is 3.46. The smallest absolute Gasteiger partial charge is 0.0277 e. The number of nitrogens with zero attached hydrogens (tertiary/aromatic N) is 1. The summed E-state index contributed by atoms with van der Waals surface area (Å²) in [5.41, 5.74) is 1.33. The molecule has 0 unspecified atom stereocenters. The Balaban J connectivity index is 3.81. The van der Waals surface area contributed by atoms with Crippen LogP contribution in [-0.2, 0) is 0 Å². The molecule has 0 aliphatic carbocycles. The van der Waals surface area contributed by atoms with Crippen LogP contribution >= 0.6 is 0 Å². The Morgan fingerprint density at radius 1 is 1.44 bits per heavy atom. The van der Waals surface area contributed by atoms with Crippen molar-refractivity contribution in [2.75, 3.05) is 7.05 Å². The van der Waals surface area contributed by atoms with Crippen molar-refractivity contribution in [3.8, 4) is 0 Å². The van der Waals surface area contributed by atoms with Gasteiger partial charge in [-0.2, -0.15) is 0 Å². The van der Waals surface area contributed by atoms with Gasteiger partial charge in [-0.25, -0.2) is 0 Å². The fourth-order valence-electron chi connectivity index (χ4n) is 0.716. The highest BCUT2D eigenvalue weighted by molar-refractivity contribution is 5.78. The van der Waals surface area contributed by atoms with Gasteiger partial charge in [-0.1, -0.05) is 19.9 Å². The third kappa shape index (κ3) is 3.95. The topological polar surface area (TPSA) is 12.4 Å². The van der Waals surface area contributed by atoms with Gasteiger partial charge in [0, 0.05) is 13.3 Å². The van der Waals surface area contributed by atoms with Gasteiger partial charge in [-0.05, 0) is 18.4 Å². The van der Waals surface area contributed by atoms with Crippen LogP contribution in [0.3, 0.4) is 0 Å². The van der Waals surface area contributed by atoms with E-state index < -0.39 is 0 Å². The second-order valence-electron chi connectivity index (χ2n) is 1.93. The van der Waals surface area contributed by atoms with E-state index in [-0.39, 0.29) is 0 Å². The van der Waals surface area contributed by atoms with E-state index in [9.17, 15) is 0 Å². The zero-order valence-corrected chi connectivity index (χ0v) is 6.52. The molecule has 0 aromatic heterocycles. The third-order valence-corrected chi connectivity index (χ3v) is 1.17. The molecule has 0 aliphatic rings. The predicted molar refractivity (Wildman–Crippen MR) is 43.1 cm³/mol. The van der Waals surface area contributed by atoms with Crippen molar-refractivity contribution in [3.05, 3.63) is 11.6 Å². The average molecular weight is 125 g/mol. The molecule has 0 aliphatic heterocycles. The van der Waals surface area contributed by atoms with Crippen LogP contribution in [0.1, 0.15) is 26.7 Å². The molecule has 0 N–H and O–H groups in total. The Bertz CT molecular complexity index is 112. The van der Waals surface area contributed by atoms with Crippen LogP contribution in [0.15, 0.2) is 16.6 Å². The Morgan fingerprint density at radius 3 is 2.44 bits per heavy atom. The summed E-state index contributed by atoms with van der Waals surface area (Å²) in [5.74, 6) is 0. The van der Waals surface area contributed by atoms with Crippen molar-refractivity contribution in [1.29, 1.82) is 0 Å². The first kappa shape index (κ1) is 8.41. The molecule has 9 heavy (non-hydrogen) atoms. The van der Waals surface area contributed by atoms with E-state index in [0.29, 0.717) is 0 Å². The van der Waals surface area contributed by atoms with E-state index in [1.54, 1.807) is 7.05 Å². The van der Waals surface area contributed by atoms with Crippen molar-refractivity contribution in [2.24, 2.45) is 4.99 Å². The van der Waals surface area contributed by atoms with Crippen LogP contribution in [0.5, 0.6) is 0 Å². The van der Waals surface area contributed by atoms with Gasteiger partial charge in [0.1, 0.15) is 0 Å². The molecule has 0 atom stereocenters. The van der Waals surface area contributed by atoms with E-state index >= 15 is 0 Å². The van der Waals surface area contributed by atoms with Crippen LogP contribution < -0.4 is 0 Å². The molecule has 0 rings (SSSR count). The normalized spacial score (nSPS) is 13.0.